The summed E-state index contributed by atoms with van der Waals surface area (Å²) in [7, 11) is 0. The Kier molecular flexibility index (Phi) is 6.31. The molecule has 172 valence electrons. The molecule has 4 aromatic rings. The molecule has 3 aromatic heterocycles. The molecule has 5 rings (SSSR count). The van der Waals surface area contributed by atoms with Gasteiger partial charge in [-0.15, -0.1) is 0 Å². The van der Waals surface area contributed by atoms with Crippen LogP contribution >= 0.6 is 0 Å². The summed E-state index contributed by atoms with van der Waals surface area (Å²) in [6.45, 7) is 0. The molecular formula is C27H23N7O. The number of anilines is 5. The maximum absolute atomic E-state index is 12.7. The lowest BCUT2D eigenvalue weighted by atomic mass is 9.86. The lowest BCUT2D eigenvalue weighted by molar-refractivity contribution is 0.102. The van der Waals surface area contributed by atoms with Crippen molar-refractivity contribution >= 4 is 34.5 Å². The van der Waals surface area contributed by atoms with Crippen LogP contribution in [0.1, 0.15) is 28.0 Å². The second kappa shape index (κ2) is 10.0. The molecule has 1 amide bonds. The number of benzene rings is 1. The molecule has 1 aliphatic rings. The number of pyridine rings is 3. The van der Waals surface area contributed by atoms with E-state index in [1.54, 1.807) is 43.0 Å². The van der Waals surface area contributed by atoms with Gasteiger partial charge in [0.05, 0.1) is 23.9 Å². The summed E-state index contributed by atoms with van der Waals surface area (Å²) in [4.78, 5) is 25.5. The number of hydrogen-bond donors (Lipinski definition) is 3. The van der Waals surface area contributed by atoms with E-state index in [9.17, 15) is 10.1 Å². The highest BCUT2D eigenvalue weighted by Crippen LogP contribution is 2.31. The van der Waals surface area contributed by atoms with Crippen LogP contribution in [0.15, 0.2) is 79.4 Å². The van der Waals surface area contributed by atoms with Crippen LogP contribution in [-0.4, -0.2) is 20.9 Å². The third-order valence-electron chi connectivity index (χ3n) is 5.91. The first kappa shape index (κ1) is 22.0. The molecule has 3 N–H and O–H groups in total. The zero-order valence-corrected chi connectivity index (χ0v) is 18.9. The number of aromatic nitrogens is 3. The summed E-state index contributed by atoms with van der Waals surface area (Å²) >= 11 is 0. The molecule has 8 heteroatoms. The van der Waals surface area contributed by atoms with E-state index in [0.717, 1.165) is 46.8 Å². The van der Waals surface area contributed by atoms with Crippen LogP contribution in [0, 0.1) is 17.2 Å². The molecule has 35 heavy (non-hydrogen) atoms. The van der Waals surface area contributed by atoms with E-state index < -0.39 is 0 Å². The Morgan fingerprint density at radius 1 is 0.886 bits per heavy atom. The lowest BCUT2D eigenvalue weighted by Gasteiger charge is -2.22. The van der Waals surface area contributed by atoms with E-state index in [2.05, 4.69) is 37.0 Å². The molecule has 0 fully saturated rings. The van der Waals surface area contributed by atoms with Crippen LogP contribution in [0.25, 0.3) is 0 Å². The molecular weight excluding hydrogens is 438 g/mol. The van der Waals surface area contributed by atoms with Gasteiger partial charge >= 0.3 is 0 Å². The minimum Gasteiger partial charge on any atom is -0.355 e. The van der Waals surface area contributed by atoms with Crippen molar-refractivity contribution in [1.29, 1.82) is 5.26 Å². The Hall–Kier alpha value is -4.77. The molecule has 1 unspecified atom stereocenters. The Morgan fingerprint density at radius 2 is 1.66 bits per heavy atom. The quantitative estimate of drug-likeness (QED) is 0.360. The van der Waals surface area contributed by atoms with E-state index >= 15 is 0 Å². The Morgan fingerprint density at radius 3 is 2.40 bits per heavy atom. The summed E-state index contributed by atoms with van der Waals surface area (Å²) in [5.74, 6) is 0.248. The van der Waals surface area contributed by atoms with E-state index in [-0.39, 0.29) is 11.8 Å². The largest absolute Gasteiger partial charge is 0.355 e. The highest BCUT2D eigenvalue weighted by atomic mass is 16.1. The molecule has 0 saturated carbocycles. The first-order valence-electron chi connectivity index (χ1n) is 11.4. The zero-order valence-electron chi connectivity index (χ0n) is 18.9. The van der Waals surface area contributed by atoms with Crippen LogP contribution in [-0.2, 0) is 12.8 Å². The van der Waals surface area contributed by atoms with Gasteiger partial charge in [-0.1, -0.05) is 0 Å². The maximum atomic E-state index is 12.7. The second-order valence-electron chi connectivity index (χ2n) is 8.30. The molecule has 0 saturated heterocycles. The van der Waals surface area contributed by atoms with Gasteiger partial charge in [-0.3, -0.25) is 14.8 Å². The van der Waals surface area contributed by atoms with Gasteiger partial charge in [-0.05, 0) is 79.4 Å². The number of nitrogens with zero attached hydrogens (tertiary/aromatic N) is 4. The van der Waals surface area contributed by atoms with Gasteiger partial charge < -0.3 is 16.0 Å². The van der Waals surface area contributed by atoms with Gasteiger partial charge in [-0.2, -0.15) is 5.26 Å². The van der Waals surface area contributed by atoms with Crippen molar-refractivity contribution in [3.8, 4) is 6.07 Å². The lowest BCUT2D eigenvalue weighted by Crippen LogP contribution is -2.16. The van der Waals surface area contributed by atoms with Gasteiger partial charge in [0.2, 0.25) is 0 Å². The maximum Gasteiger partial charge on any atom is 0.256 e. The fourth-order valence-electron chi connectivity index (χ4n) is 4.06. The minimum absolute atomic E-state index is 0.0208. The van der Waals surface area contributed by atoms with Crippen molar-refractivity contribution < 1.29 is 4.79 Å². The summed E-state index contributed by atoms with van der Waals surface area (Å²) in [5, 5.41) is 18.8. The highest BCUT2D eigenvalue weighted by molar-refractivity contribution is 6.04. The molecule has 0 aliphatic heterocycles. The van der Waals surface area contributed by atoms with E-state index in [1.807, 2.05) is 36.4 Å². The number of hydrogen-bond acceptors (Lipinski definition) is 7. The summed E-state index contributed by atoms with van der Waals surface area (Å²) < 4.78 is 0. The fraction of sp³-hybridized carbons (Fsp3) is 0.148. The van der Waals surface area contributed by atoms with Crippen molar-refractivity contribution in [2.75, 3.05) is 16.0 Å². The third kappa shape index (κ3) is 5.25. The predicted octanol–water partition coefficient (Wildman–Crippen LogP) is 5.24. The van der Waals surface area contributed by atoms with Crippen molar-refractivity contribution in [1.82, 2.24) is 15.0 Å². The normalized spacial score (nSPS) is 14.3. The Bertz CT molecular complexity index is 1360. The smallest absolute Gasteiger partial charge is 0.256 e. The highest BCUT2D eigenvalue weighted by Gasteiger charge is 2.21. The fourth-order valence-corrected chi connectivity index (χ4v) is 4.06. The third-order valence-corrected chi connectivity index (χ3v) is 5.91. The summed E-state index contributed by atoms with van der Waals surface area (Å²) in [6.07, 6.45) is 9.24. The van der Waals surface area contributed by atoms with Crippen LogP contribution in [0.2, 0.25) is 0 Å². The SMILES string of the molecule is N#CC1CCc2nccc(Nc3ccc(C(=O)Nc4ccc(Nc5ccncc5)cn4)cc3)c2C1. The van der Waals surface area contributed by atoms with Crippen LogP contribution in [0.3, 0.4) is 0 Å². The number of carbonyl (C=O) groups excluding carboxylic acids is 1. The molecule has 8 nitrogen and oxygen atoms in total. The summed E-state index contributed by atoms with van der Waals surface area (Å²) in [6, 6.07) is 18.9. The van der Waals surface area contributed by atoms with Gasteiger partial charge in [0.1, 0.15) is 5.82 Å². The average molecular weight is 462 g/mol. The first-order chi connectivity index (χ1) is 17.2. The Labute approximate surface area is 203 Å². The van der Waals surface area contributed by atoms with Crippen molar-refractivity contribution in [2.45, 2.75) is 19.3 Å². The van der Waals surface area contributed by atoms with Crippen LogP contribution in [0.4, 0.5) is 28.6 Å². The topological polar surface area (TPSA) is 116 Å². The Balaban J connectivity index is 1.22. The number of fused-ring (bicyclic) bond motifs is 1. The summed E-state index contributed by atoms with van der Waals surface area (Å²) in [5.41, 5.74) is 6.20. The standard InChI is InChI=1S/C27H23N7O/c28-16-18-1-7-24-23(15-18)25(11-14-30-24)33-20-4-2-19(3-5-20)27(35)34-26-8-6-22(17-31-26)32-21-9-12-29-13-10-21/h2-6,8-14,17-18H,1,7,15H2,(H,29,32)(H,30,33)(H,31,34,35). The molecule has 1 aromatic carbocycles. The first-order valence-corrected chi connectivity index (χ1v) is 11.4. The molecule has 0 spiro atoms. The molecule has 1 atom stereocenters. The van der Waals surface area contributed by atoms with Gasteiger partial charge in [0.25, 0.3) is 5.91 Å². The number of aryl methyl sites for hydroxylation is 1. The van der Waals surface area contributed by atoms with Gasteiger partial charge in [-0.25, -0.2) is 4.98 Å². The van der Waals surface area contributed by atoms with E-state index in [1.165, 1.54) is 0 Å². The molecule has 0 radical (unpaired) electrons. The molecule has 3 heterocycles. The number of rotatable bonds is 6. The van der Waals surface area contributed by atoms with Gasteiger partial charge in [0.15, 0.2) is 0 Å². The zero-order chi connectivity index (χ0) is 24.0. The number of nitriles is 1. The number of carbonyl (C=O) groups is 1. The van der Waals surface area contributed by atoms with Gasteiger partial charge in [0, 0.05) is 46.9 Å². The van der Waals surface area contributed by atoms with Crippen molar-refractivity contribution in [3.63, 3.8) is 0 Å². The average Bonchev–Trinajstić information content (AvgIpc) is 2.91. The van der Waals surface area contributed by atoms with Crippen molar-refractivity contribution in [2.24, 2.45) is 5.92 Å². The van der Waals surface area contributed by atoms with Crippen LogP contribution in [0.5, 0.6) is 0 Å². The number of nitrogens with one attached hydrogen (secondary N) is 3. The molecule has 1 aliphatic carbocycles. The minimum atomic E-state index is -0.239. The van der Waals surface area contributed by atoms with E-state index in [0.29, 0.717) is 17.8 Å². The molecule has 0 bridgehead atoms. The predicted molar refractivity (Wildman–Crippen MR) is 135 cm³/mol. The monoisotopic (exact) mass is 461 g/mol. The number of amides is 1. The van der Waals surface area contributed by atoms with Crippen molar-refractivity contribution in [3.05, 3.63) is 96.2 Å². The van der Waals surface area contributed by atoms with Crippen LogP contribution < -0.4 is 16.0 Å². The second-order valence-corrected chi connectivity index (χ2v) is 8.30. The van der Waals surface area contributed by atoms with E-state index in [4.69, 9.17) is 0 Å².